The van der Waals surface area contributed by atoms with Crippen LogP contribution in [0.4, 0.5) is 20.2 Å². The highest BCUT2D eigenvalue weighted by Gasteiger charge is 2.42. The lowest BCUT2D eigenvalue weighted by atomic mass is 9.89. The van der Waals surface area contributed by atoms with E-state index in [0.717, 1.165) is 88.2 Å². The Kier molecular flexibility index (Phi) is 8.10. The largest absolute Gasteiger partial charge is 0.343 e. The van der Waals surface area contributed by atoms with E-state index in [1.807, 2.05) is 23.1 Å². The van der Waals surface area contributed by atoms with Gasteiger partial charge in [-0.15, -0.1) is 12.4 Å². The first kappa shape index (κ1) is 24.9. The van der Waals surface area contributed by atoms with E-state index in [-0.39, 0.29) is 36.0 Å². The second kappa shape index (κ2) is 11.0. The highest BCUT2D eigenvalue weighted by Crippen LogP contribution is 2.48. The molecule has 0 spiro atoms. The third-order valence-electron chi connectivity index (χ3n) is 7.57. The molecule has 4 nitrogen and oxygen atoms in total. The van der Waals surface area contributed by atoms with Crippen LogP contribution in [0, 0.1) is 11.6 Å². The molecule has 5 rings (SSSR count). The molecule has 2 atom stereocenters. The Balaban J connectivity index is 0.00000274. The minimum Gasteiger partial charge on any atom is -0.343 e. The summed E-state index contributed by atoms with van der Waals surface area (Å²) in [6, 6.07) is 12.0. The summed E-state index contributed by atoms with van der Waals surface area (Å²) in [5, 5.41) is 0. The number of benzene rings is 2. The zero-order valence-corrected chi connectivity index (χ0v) is 20.4. The number of carbonyl (C=O) groups excluding carboxylic acids is 1. The third-order valence-corrected chi connectivity index (χ3v) is 7.57. The van der Waals surface area contributed by atoms with Crippen molar-refractivity contribution in [3.63, 3.8) is 0 Å². The Bertz CT molecular complexity index is 986. The maximum Gasteiger partial charge on any atom is 0.222 e. The van der Waals surface area contributed by atoms with Gasteiger partial charge in [-0.2, -0.15) is 0 Å². The Morgan fingerprint density at radius 1 is 0.882 bits per heavy atom. The molecule has 0 N–H and O–H groups in total. The Morgan fingerprint density at radius 3 is 2.44 bits per heavy atom. The van der Waals surface area contributed by atoms with Crippen LogP contribution in [0.5, 0.6) is 0 Å². The summed E-state index contributed by atoms with van der Waals surface area (Å²) >= 11 is 0. The smallest absolute Gasteiger partial charge is 0.222 e. The number of fused-ring (bicyclic) bond motifs is 3. The molecule has 2 aromatic carbocycles. The SMILES string of the molecule is Cl.O=C1CCCCN1CCCCCN1CC[C@@H]2[C@@H](C1)c1cc(F)ccc1N2c1ccc(F)cc1. The molecule has 2 fully saturated rings. The maximum atomic E-state index is 14.2. The average Bonchev–Trinajstić information content (AvgIpc) is 3.13. The van der Waals surface area contributed by atoms with E-state index in [0.29, 0.717) is 12.3 Å². The van der Waals surface area contributed by atoms with Crippen molar-refractivity contribution in [2.24, 2.45) is 0 Å². The number of piperidine rings is 2. The summed E-state index contributed by atoms with van der Waals surface area (Å²) in [7, 11) is 0. The minimum atomic E-state index is -0.242. The van der Waals surface area contributed by atoms with Crippen LogP contribution < -0.4 is 4.90 Å². The van der Waals surface area contributed by atoms with Crippen molar-refractivity contribution in [1.29, 1.82) is 0 Å². The molecule has 7 heteroatoms. The fourth-order valence-corrected chi connectivity index (χ4v) is 5.89. The van der Waals surface area contributed by atoms with Crippen LogP contribution in [0.1, 0.15) is 56.4 Å². The number of rotatable bonds is 7. The van der Waals surface area contributed by atoms with Crippen molar-refractivity contribution in [2.75, 3.05) is 37.6 Å². The van der Waals surface area contributed by atoms with Gasteiger partial charge in [0.2, 0.25) is 5.91 Å². The van der Waals surface area contributed by atoms with Crippen molar-refractivity contribution in [3.05, 3.63) is 59.7 Å². The van der Waals surface area contributed by atoms with Crippen LogP contribution in [-0.4, -0.2) is 54.5 Å². The molecule has 3 aliphatic heterocycles. The molecule has 34 heavy (non-hydrogen) atoms. The van der Waals surface area contributed by atoms with Crippen molar-refractivity contribution >= 4 is 29.7 Å². The lowest BCUT2D eigenvalue weighted by Crippen LogP contribution is -2.45. The van der Waals surface area contributed by atoms with E-state index in [9.17, 15) is 13.6 Å². The Morgan fingerprint density at radius 2 is 1.65 bits per heavy atom. The van der Waals surface area contributed by atoms with Gasteiger partial charge in [0, 0.05) is 55.9 Å². The first-order valence-corrected chi connectivity index (χ1v) is 12.4. The molecule has 2 aromatic rings. The van der Waals surface area contributed by atoms with Crippen LogP contribution in [0.25, 0.3) is 0 Å². The van der Waals surface area contributed by atoms with E-state index in [1.165, 1.54) is 18.2 Å². The number of anilines is 2. The normalized spacial score (nSPS) is 22.4. The van der Waals surface area contributed by atoms with Gasteiger partial charge in [0.05, 0.1) is 0 Å². The average molecular weight is 490 g/mol. The fraction of sp³-hybridized carbons (Fsp3) is 0.519. The Hall–Kier alpha value is -2.18. The molecule has 2 saturated heterocycles. The number of halogens is 3. The topological polar surface area (TPSA) is 26.8 Å². The van der Waals surface area contributed by atoms with Gasteiger partial charge in [0.15, 0.2) is 0 Å². The van der Waals surface area contributed by atoms with Crippen LogP contribution in [-0.2, 0) is 4.79 Å². The first-order valence-electron chi connectivity index (χ1n) is 12.4. The molecule has 0 bridgehead atoms. The molecular weight excluding hydrogens is 456 g/mol. The summed E-state index contributed by atoms with van der Waals surface area (Å²) in [5.74, 6) is 0.132. The summed E-state index contributed by atoms with van der Waals surface area (Å²) in [5.41, 5.74) is 3.08. The van der Waals surface area contributed by atoms with Crippen molar-refractivity contribution in [3.8, 4) is 0 Å². The molecule has 0 radical (unpaired) electrons. The molecule has 0 saturated carbocycles. The van der Waals surface area contributed by atoms with E-state index in [4.69, 9.17) is 0 Å². The number of unbranched alkanes of at least 4 members (excludes halogenated alkanes) is 2. The number of carbonyl (C=O) groups is 1. The van der Waals surface area contributed by atoms with E-state index < -0.39 is 0 Å². The second-order valence-electron chi connectivity index (χ2n) is 9.71. The van der Waals surface area contributed by atoms with Gasteiger partial charge >= 0.3 is 0 Å². The quantitative estimate of drug-likeness (QED) is 0.454. The number of hydrogen-bond donors (Lipinski definition) is 0. The number of nitrogens with zero attached hydrogens (tertiary/aromatic N) is 3. The van der Waals surface area contributed by atoms with Gasteiger partial charge in [-0.25, -0.2) is 8.78 Å². The molecule has 1 amide bonds. The molecule has 3 heterocycles. The predicted molar refractivity (Wildman–Crippen MR) is 134 cm³/mol. The number of amides is 1. The van der Waals surface area contributed by atoms with Crippen molar-refractivity contribution < 1.29 is 13.6 Å². The van der Waals surface area contributed by atoms with Gasteiger partial charge in [0.1, 0.15) is 11.6 Å². The van der Waals surface area contributed by atoms with E-state index in [1.54, 1.807) is 6.07 Å². The molecule has 184 valence electrons. The second-order valence-corrected chi connectivity index (χ2v) is 9.71. The van der Waals surface area contributed by atoms with Crippen molar-refractivity contribution in [1.82, 2.24) is 9.80 Å². The molecule has 0 aliphatic carbocycles. The summed E-state index contributed by atoms with van der Waals surface area (Å²) in [6.45, 7) is 4.79. The van der Waals surface area contributed by atoms with Crippen LogP contribution >= 0.6 is 12.4 Å². The zero-order chi connectivity index (χ0) is 22.8. The third kappa shape index (κ3) is 5.23. The minimum absolute atomic E-state index is 0. The highest BCUT2D eigenvalue weighted by molar-refractivity contribution is 5.85. The van der Waals surface area contributed by atoms with Gasteiger partial charge < -0.3 is 14.7 Å². The van der Waals surface area contributed by atoms with Crippen LogP contribution in [0.2, 0.25) is 0 Å². The monoisotopic (exact) mass is 489 g/mol. The van der Waals surface area contributed by atoms with Gasteiger partial charge in [-0.1, -0.05) is 6.42 Å². The first-order chi connectivity index (χ1) is 16.1. The Labute approximate surface area is 207 Å². The number of hydrogen-bond acceptors (Lipinski definition) is 3. The molecule has 0 unspecified atom stereocenters. The highest BCUT2D eigenvalue weighted by atomic mass is 35.5. The fourth-order valence-electron chi connectivity index (χ4n) is 5.89. The van der Waals surface area contributed by atoms with Crippen LogP contribution in [0.15, 0.2) is 42.5 Å². The van der Waals surface area contributed by atoms with Gasteiger partial charge in [-0.05, 0) is 86.7 Å². The standard InChI is InChI=1S/C27H33F2N3O.ClH/c28-20-7-10-22(11-8-20)32-25-12-9-21(29)18-23(25)24-19-30(17-13-26(24)32)14-3-1-4-15-31-16-5-2-6-27(31)33;/h7-12,18,24,26H,1-6,13-17,19H2;1H/t24-,26+;/m0./s1. The molecule has 3 aliphatic rings. The maximum absolute atomic E-state index is 14.2. The van der Waals surface area contributed by atoms with E-state index >= 15 is 0 Å². The summed E-state index contributed by atoms with van der Waals surface area (Å²) in [4.78, 5) is 18.8. The summed E-state index contributed by atoms with van der Waals surface area (Å²) < 4.78 is 27.7. The van der Waals surface area contributed by atoms with Crippen LogP contribution in [0.3, 0.4) is 0 Å². The predicted octanol–water partition coefficient (Wildman–Crippen LogP) is 5.88. The lowest BCUT2D eigenvalue weighted by Gasteiger charge is -2.39. The van der Waals surface area contributed by atoms with Gasteiger partial charge in [0.25, 0.3) is 0 Å². The molecular formula is C27H34ClF2N3O. The molecule has 0 aromatic heterocycles. The van der Waals surface area contributed by atoms with Crippen molar-refractivity contribution in [2.45, 2.75) is 56.9 Å². The zero-order valence-electron chi connectivity index (χ0n) is 19.6. The van der Waals surface area contributed by atoms with E-state index in [2.05, 4.69) is 9.80 Å². The lowest BCUT2D eigenvalue weighted by molar-refractivity contribution is -0.133. The summed E-state index contributed by atoms with van der Waals surface area (Å²) in [6.07, 6.45) is 7.21. The number of likely N-dealkylation sites (tertiary alicyclic amines) is 2. The van der Waals surface area contributed by atoms with Gasteiger partial charge in [-0.3, -0.25) is 4.79 Å².